The Balaban J connectivity index is 1.92. The molecular formula is C16H16Cl2FN. The van der Waals surface area contributed by atoms with Crippen molar-refractivity contribution in [2.75, 3.05) is 0 Å². The maximum Gasteiger partial charge on any atom is 0.124 e. The van der Waals surface area contributed by atoms with Crippen LogP contribution in [-0.4, -0.2) is 6.04 Å². The minimum absolute atomic E-state index is 0.246. The number of benzene rings is 2. The molecule has 0 saturated heterocycles. The molecule has 0 radical (unpaired) electrons. The van der Waals surface area contributed by atoms with E-state index in [9.17, 15) is 4.39 Å². The number of hydrogen-bond donors (Lipinski definition) is 1. The predicted octanol–water partition coefficient (Wildman–Crippen LogP) is 4.85. The van der Waals surface area contributed by atoms with Crippen LogP contribution in [0.15, 0.2) is 42.5 Å². The Bertz CT molecular complexity index is 586. The van der Waals surface area contributed by atoms with Gasteiger partial charge in [0.15, 0.2) is 0 Å². The average Bonchev–Trinajstić information content (AvgIpc) is 2.40. The summed E-state index contributed by atoms with van der Waals surface area (Å²) < 4.78 is 13.0. The molecule has 0 aliphatic heterocycles. The van der Waals surface area contributed by atoms with Crippen molar-refractivity contribution in [1.82, 2.24) is 5.32 Å². The topological polar surface area (TPSA) is 12.0 Å². The zero-order valence-electron chi connectivity index (χ0n) is 11.2. The van der Waals surface area contributed by atoms with E-state index in [2.05, 4.69) is 12.2 Å². The summed E-state index contributed by atoms with van der Waals surface area (Å²) in [5.41, 5.74) is 2.00. The lowest BCUT2D eigenvalue weighted by Crippen LogP contribution is -2.27. The standard InChI is InChI=1S/C16H16Cl2FN/c1-11(8-12-4-2-3-5-15(12)17)20-10-13-6-7-14(19)9-16(13)18/h2-7,9,11,20H,8,10H2,1H3. The molecule has 2 rings (SSSR count). The Morgan fingerprint density at radius 3 is 2.50 bits per heavy atom. The van der Waals surface area contributed by atoms with Gasteiger partial charge in [-0.3, -0.25) is 0 Å². The molecule has 0 heterocycles. The van der Waals surface area contributed by atoms with E-state index in [0.29, 0.717) is 11.6 Å². The molecule has 0 bridgehead atoms. The molecule has 0 fully saturated rings. The normalized spacial score (nSPS) is 12.4. The highest BCUT2D eigenvalue weighted by Crippen LogP contribution is 2.19. The molecule has 2 aromatic rings. The van der Waals surface area contributed by atoms with Crippen molar-refractivity contribution in [3.05, 3.63) is 69.5 Å². The summed E-state index contributed by atoms with van der Waals surface area (Å²) in [7, 11) is 0. The van der Waals surface area contributed by atoms with Gasteiger partial charge in [0.1, 0.15) is 5.82 Å². The second-order valence-electron chi connectivity index (χ2n) is 4.81. The molecule has 0 spiro atoms. The van der Waals surface area contributed by atoms with E-state index in [-0.39, 0.29) is 11.9 Å². The van der Waals surface area contributed by atoms with Crippen molar-refractivity contribution < 1.29 is 4.39 Å². The maximum atomic E-state index is 13.0. The van der Waals surface area contributed by atoms with Crippen LogP contribution in [0.4, 0.5) is 4.39 Å². The average molecular weight is 312 g/mol. The van der Waals surface area contributed by atoms with Crippen molar-refractivity contribution in [2.45, 2.75) is 25.9 Å². The Hall–Kier alpha value is -1.09. The third kappa shape index (κ3) is 4.20. The van der Waals surface area contributed by atoms with Gasteiger partial charge in [-0.15, -0.1) is 0 Å². The van der Waals surface area contributed by atoms with Crippen molar-refractivity contribution in [3.63, 3.8) is 0 Å². The first-order valence-corrected chi connectivity index (χ1v) is 7.22. The highest BCUT2D eigenvalue weighted by atomic mass is 35.5. The number of halogens is 3. The van der Waals surface area contributed by atoms with Crippen molar-refractivity contribution in [1.29, 1.82) is 0 Å². The van der Waals surface area contributed by atoms with Gasteiger partial charge in [-0.2, -0.15) is 0 Å². The zero-order valence-corrected chi connectivity index (χ0v) is 12.7. The first-order valence-electron chi connectivity index (χ1n) is 6.47. The van der Waals surface area contributed by atoms with Gasteiger partial charge in [-0.1, -0.05) is 47.5 Å². The molecule has 0 amide bonds. The maximum absolute atomic E-state index is 13.0. The third-order valence-electron chi connectivity index (χ3n) is 3.14. The first kappa shape index (κ1) is 15.3. The smallest absolute Gasteiger partial charge is 0.124 e. The van der Waals surface area contributed by atoms with Crippen LogP contribution in [0.5, 0.6) is 0 Å². The molecule has 0 saturated carbocycles. The van der Waals surface area contributed by atoms with E-state index >= 15 is 0 Å². The molecule has 0 aromatic heterocycles. The molecule has 0 aliphatic carbocycles. The monoisotopic (exact) mass is 311 g/mol. The molecule has 1 N–H and O–H groups in total. The Kier molecular flexibility index (Phi) is 5.41. The van der Waals surface area contributed by atoms with E-state index in [1.165, 1.54) is 12.1 Å². The van der Waals surface area contributed by atoms with Gasteiger partial charge in [0.2, 0.25) is 0 Å². The van der Waals surface area contributed by atoms with E-state index in [1.807, 2.05) is 24.3 Å². The summed E-state index contributed by atoms with van der Waals surface area (Å²) in [6.07, 6.45) is 0.832. The lowest BCUT2D eigenvalue weighted by atomic mass is 10.1. The second kappa shape index (κ2) is 7.07. The van der Waals surface area contributed by atoms with Crippen LogP contribution in [0, 0.1) is 5.82 Å². The zero-order chi connectivity index (χ0) is 14.5. The van der Waals surface area contributed by atoms with Crippen LogP contribution in [0.3, 0.4) is 0 Å². The molecule has 1 nitrogen and oxygen atoms in total. The SMILES string of the molecule is CC(Cc1ccccc1Cl)NCc1ccc(F)cc1Cl. The fourth-order valence-electron chi connectivity index (χ4n) is 2.02. The van der Waals surface area contributed by atoms with E-state index in [4.69, 9.17) is 23.2 Å². The quantitative estimate of drug-likeness (QED) is 0.832. The van der Waals surface area contributed by atoms with Gasteiger partial charge in [0, 0.05) is 22.6 Å². The molecule has 4 heteroatoms. The van der Waals surface area contributed by atoms with Crippen molar-refractivity contribution >= 4 is 23.2 Å². The van der Waals surface area contributed by atoms with Gasteiger partial charge in [0.25, 0.3) is 0 Å². The number of rotatable bonds is 5. The van der Waals surface area contributed by atoms with Crippen LogP contribution < -0.4 is 5.32 Å². The number of nitrogens with one attached hydrogen (secondary N) is 1. The van der Waals surface area contributed by atoms with E-state index < -0.39 is 0 Å². The molecule has 106 valence electrons. The Labute approximate surface area is 128 Å². The lowest BCUT2D eigenvalue weighted by molar-refractivity contribution is 0.544. The largest absolute Gasteiger partial charge is 0.310 e. The highest BCUT2D eigenvalue weighted by Gasteiger charge is 2.08. The fourth-order valence-corrected chi connectivity index (χ4v) is 2.46. The van der Waals surface area contributed by atoms with Crippen LogP contribution in [0.25, 0.3) is 0 Å². The van der Waals surface area contributed by atoms with E-state index in [0.717, 1.165) is 22.6 Å². The van der Waals surface area contributed by atoms with Gasteiger partial charge in [-0.25, -0.2) is 4.39 Å². The summed E-state index contributed by atoms with van der Waals surface area (Å²) in [6.45, 7) is 2.69. The minimum atomic E-state index is -0.317. The second-order valence-corrected chi connectivity index (χ2v) is 5.63. The lowest BCUT2D eigenvalue weighted by Gasteiger charge is -2.15. The summed E-state index contributed by atoms with van der Waals surface area (Å²) in [5.74, 6) is -0.317. The molecule has 1 atom stereocenters. The van der Waals surface area contributed by atoms with Crippen molar-refractivity contribution in [2.24, 2.45) is 0 Å². The third-order valence-corrected chi connectivity index (χ3v) is 3.86. The summed E-state index contributed by atoms with van der Waals surface area (Å²) in [6, 6.07) is 12.5. The van der Waals surface area contributed by atoms with Gasteiger partial charge in [0.05, 0.1) is 0 Å². The van der Waals surface area contributed by atoms with Gasteiger partial charge < -0.3 is 5.32 Å². The highest BCUT2D eigenvalue weighted by molar-refractivity contribution is 6.31. The predicted molar refractivity (Wildman–Crippen MR) is 82.9 cm³/mol. The summed E-state index contributed by atoms with van der Waals surface area (Å²) in [4.78, 5) is 0. The molecule has 0 aliphatic rings. The molecular weight excluding hydrogens is 296 g/mol. The Morgan fingerprint density at radius 1 is 1.05 bits per heavy atom. The molecule has 1 unspecified atom stereocenters. The van der Waals surface area contributed by atoms with Crippen LogP contribution in [0.2, 0.25) is 10.0 Å². The fraction of sp³-hybridized carbons (Fsp3) is 0.250. The van der Waals surface area contributed by atoms with Crippen molar-refractivity contribution in [3.8, 4) is 0 Å². The first-order chi connectivity index (χ1) is 9.56. The Morgan fingerprint density at radius 2 is 1.80 bits per heavy atom. The van der Waals surface area contributed by atoms with Crippen LogP contribution >= 0.6 is 23.2 Å². The number of hydrogen-bond acceptors (Lipinski definition) is 1. The summed E-state index contributed by atoms with van der Waals surface area (Å²) >= 11 is 12.1. The molecule has 2 aromatic carbocycles. The van der Waals surface area contributed by atoms with Crippen LogP contribution in [-0.2, 0) is 13.0 Å². The van der Waals surface area contributed by atoms with Gasteiger partial charge in [-0.05, 0) is 42.7 Å². The van der Waals surface area contributed by atoms with Crippen LogP contribution in [0.1, 0.15) is 18.1 Å². The molecule has 20 heavy (non-hydrogen) atoms. The minimum Gasteiger partial charge on any atom is -0.310 e. The van der Waals surface area contributed by atoms with Gasteiger partial charge >= 0.3 is 0 Å². The summed E-state index contributed by atoms with van der Waals surface area (Å²) in [5, 5.41) is 4.59. The van der Waals surface area contributed by atoms with E-state index in [1.54, 1.807) is 6.07 Å².